The van der Waals surface area contributed by atoms with Gasteiger partial charge in [-0.25, -0.2) is 0 Å². The predicted molar refractivity (Wildman–Crippen MR) is 122 cm³/mol. The van der Waals surface area contributed by atoms with Gasteiger partial charge in [-0.15, -0.1) is 10.2 Å². The second-order valence-electron chi connectivity index (χ2n) is 6.95. The van der Waals surface area contributed by atoms with Crippen molar-refractivity contribution in [1.29, 1.82) is 0 Å². The summed E-state index contributed by atoms with van der Waals surface area (Å²) in [4.78, 5) is 16.5. The van der Waals surface area contributed by atoms with Crippen LogP contribution >= 0.6 is 11.8 Å². The van der Waals surface area contributed by atoms with Crippen LogP contribution < -0.4 is 5.32 Å². The summed E-state index contributed by atoms with van der Waals surface area (Å²) in [5.41, 5.74) is 3.86. The van der Waals surface area contributed by atoms with Crippen LogP contribution in [-0.4, -0.2) is 31.4 Å². The van der Waals surface area contributed by atoms with Crippen LogP contribution in [-0.2, 0) is 11.3 Å². The van der Waals surface area contributed by atoms with E-state index in [0.717, 1.165) is 28.7 Å². The summed E-state index contributed by atoms with van der Waals surface area (Å²) in [5, 5.41) is 13.6. The molecule has 0 spiro atoms. The molecule has 0 saturated heterocycles. The highest BCUT2D eigenvalue weighted by molar-refractivity contribution is 7.99. The van der Waals surface area contributed by atoms with Crippen molar-refractivity contribution in [3.8, 4) is 11.5 Å². The van der Waals surface area contributed by atoms with Gasteiger partial charge in [0.2, 0.25) is 11.8 Å². The van der Waals surface area contributed by atoms with Gasteiger partial charge in [-0.3, -0.25) is 9.78 Å². The Kier molecular flexibility index (Phi) is 5.13. The normalized spacial score (nSPS) is 11.3. The molecule has 0 aliphatic heterocycles. The number of nitrogens with one attached hydrogen (secondary N) is 1. The largest absolute Gasteiger partial charge is 0.411 e. The molecule has 5 aromatic rings. The van der Waals surface area contributed by atoms with Crippen LogP contribution in [0.1, 0.15) is 6.92 Å². The molecule has 7 nitrogen and oxygen atoms in total. The Balaban J connectivity index is 1.30. The van der Waals surface area contributed by atoms with Gasteiger partial charge in [-0.2, -0.15) is 0 Å². The zero-order chi connectivity index (χ0) is 21.2. The summed E-state index contributed by atoms with van der Waals surface area (Å²) in [6.07, 6.45) is 3.33. The second-order valence-corrected chi connectivity index (χ2v) is 7.87. The molecule has 0 atom stereocenters. The maximum atomic E-state index is 12.5. The molecule has 1 N–H and O–H groups in total. The van der Waals surface area contributed by atoms with E-state index in [9.17, 15) is 4.79 Å². The van der Waals surface area contributed by atoms with E-state index < -0.39 is 0 Å². The minimum atomic E-state index is -0.135. The van der Waals surface area contributed by atoms with E-state index in [-0.39, 0.29) is 11.7 Å². The van der Waals surface area contributed by atoms with Gasteiger partial charge in [0.25, 0.3) is 5.22 Å². The third kappa shape index (κ3) is 3.77. The van der Waals surface area contributed by atoms with Crippen molar-refractivity contribution < 1.29 is 9.21 Å². The topological polar surface area (TPSA) is 85.8 Å². The number of carbonyl (C=O) groups excluding carboxylic acids is 1. The van der Waals surface area contributed by atoms with Crippen molar-refractivity contribution in [2.75, 3.05) is 11.1 Å². The number of benzene rings is 2. The van der Waals surface area contributed by atoms with Crippen LogP contribution in [0.3, 0.4) is 0 Å². The van der Waals surface area contributed by atoms with Gasteiger partial charge < -0.3 is 14.3 Å². The van der Waals surface area contributed by atoms with Gasteiger partial charge in [-0.1, -0.05) is 30.0 Å². The van der Waals surface area contributed by atoms with E-state index >= 15 is 0 Å². The Morgan fingerprint density at radius 3 is 2.77 bits per heavy atom. The fraction of sp³-hybridized carbons (Fsp3) is 0.130. The first-order valence-corrected chi connectivity index (χ1v) is 10.9. The van der Waals surface area contributed by atoms with Gasteiger partial charge in [0.15, 0.2) is 0 Å². The molecule has 1 amide bonds. The SMILES string of the molecule is CCn1c2ccccc2c2cc(NC(=O)CSc3nnc(-c4cccnc4)o3)ccc21. The number of hydrogen-bond donors (Lipinski definition) is 1. The van der Waals surface area contributed by atoms with Gasteiger partial charge in [0, 0.05) is 46.4 Å². The quantitative estimate of drug-likeness (QED) is 0.383. The van der Waals surface area contributed by atoms with Crippen LogP contribution in [0.2, 0.25) is 0 Å². The molecule has 3 aromatic heterocycles. The van der Waals surface area contributed by atoms with Crippen molar-refractivity contribution in [1.82, 2.24) is 19.7 Å². The van der Waals surface area contributed by atoms with Gasteiger partial charge >= 0.3 is 0 Å². The summed E-state index contributed by atoms with van der Waals surface area (Å²) in [6.45, 7) is 3.02. The standard InChI is InChI=1S/C23H19N5O2S/c1-2-28-19-8-4-3-7-17(19)18-12-16(9-10-20(18)28)25-21(29)14-31-23-27-26-22(30-23)15-6-5-11-24-13-15/h3-13H,2,14H2,1H3,(H,25,29). The molecular weight excluding hydrogens is 410 g/mol. The predicted octanol–water partition coefficient (Wildman–Crippen LogP) is 4.99. The van der Waals surface area contributed by atoms with Crippen LogP contribution in [0.25, 0.3) is 33.3 Å². The van der Waals surface area contributed by atoms with Crippen LogP contribution in [0.15, 0.2) is 76.6 Å². The zero-order valence-electron chi connectivity index (χ0n) is 16.8. The number of rotatable bonds is 6. The average molecular weight is 430 g/mol. The number of aryl methyl sites for hydroxylation is 1. The molecule has 0 saturated carbocycles. The summed E-state index contributed by atoms with van der Waals surface area (Å²) in [5.74, 6) is 0.419. The molecule has 0 aliphatic carbocycles. The number of fused-ring (bicyclic) bond motifs is 3. The van der Waals surface area contributed by atoms with E-state index in [4.69, 9.17) is 4.42 Å². The van der Waals surface area contributed by atoms with Crippen LogP contribution in [0, 0.1) is 0 Å². The number of nitrogens with zero attached hydrogens (tertiary/aromatic N) is 4. The highest BCUT2D eigenvalue weighted by atomic mass is 32.2. The van der Waals surface area contributed by atoms with Gasteiger partial charge in [-0.05, 0) is 43.3 Å². The summed E-state index contributed by atoms with van der Waals surface area (Å²) < 4.78 is 7.89. The molecule has 31 heavy (non-hydrogen) atoms. The smallest absolute Gasteiger partial charge is 0.277 e. The van der Waals surface area contributed by atoms with Crippen molar-refractivity contribution in [3.05, 3.63) is 67.0 Å². The molecule has 0 radical (unpaired) electrons. The van der Waals surface area contributed by atoms with Crippen LogP contribution in [0.4, 0.5) is 5.69 Å². The maximum Gasteiger partial charge on any atom is 0.277 e. The lowest BCUT2D eigenvalue weighted by atomic mass is 10.1. The Morgan fingerprint density at radius 1 is 1.06 bits per heavy atom. The molecule has 3 heterocycles. The third-order valence-electron chi connectivity index (χ3n) is 5.01. The van der Waals surface area contributed by atoms with E-state index in [1.807, 2.05) is 30.3 Å². The van der Waals surface area contributed by atoms with Gasteiger partial charge in [0.05, 0.1) is 11.3 Å². The number of hydrogen-bond acceptors (Lipinski definition) is 6. The van der Waals surface area contributed by atoms with Crippen LogP contribution in [0.5, 0.6) is 0 Å². The first-order valence-electron chi connectivity index (χ1n) is 9.90. The third-order valence-corrected chi connectivity index (χ3v) is 5.83. The maximum absolute atomic E-state index is 12.5. The lowest BCUT2D eigenvalue weighted by Gasteiger charge is -2.06. The van der Waals surface area contributed by atoms with E-state index in [1.54, 1.807) is 18.5 Å². The van der Waals surface area contributed by atoms with Crippen molar-refractivity contribution in [3.63, 3.8) is 0 Å². The Bertz CT molecular complexity index is 1380. The minimum Gasteiger partial charge on any atom is -0.411 e. The fourth-order valence-electron chi connectivity index (χ4n) is 3.67. The molecule has 0 fully saturated rings. The molecule has 154 valence electrons. The number of para-hydroxylation sites is 1. The first kappa shape index (κ1) is 19.3. The van der Waals surface area contributed by atoms with E-state index in [1.165, 1.54) is 22.7 Å². The van der Waals surface area contributed by atoms with Crippen molar-refractivity contribution in [2.45, 2.75) is 18.7 Å². The Labute approximate surface area is 182 Å². The molecule has 2 aromatic carbocycles. The Hall–Kier alpha value is -3.65. The molecule has 0 bridgehead atoms. The molecular formula is C23H19N5O2S. The van der Waals surface area contributed by atoms with Crippen molar-refractivity contribution in [2.24, 2.45) is 0 Å². The second kappa shape index (κ2) is 8.23. The van der Waals surface area contributed by atoms with Crippen molar-refractivity contribution >= 4 is 45.2 Å². The summed E-state index contributed by atoms with van der Waals surface area (Å²) in [6, 6.07) is 18.0. The first-order chi connectivity index (χ1) is 15.2. The zero-order valence-corrected chi connectivity index (χ0v) is 17.6. The van der Waals surface area contributed by atoms with Gasteiger partial charge in [0.1, 0.15) is 0 Å². The highest BCUT2D eigenvalue weighted by Gasteiger charge is 2.13. The highest BCUT2D eigenvalue weighted by Crippen LogP contribution is 2.31. The summed E-state index contributed by atoms with van der Waals surface area (Å²) >= 11 is 1.20. The number of amides is 1. The molecule has 5 rings (SSSR count). The molecule has 0 aliphatic rings. The number of anilines is 1. The average Bonchev–Trinajstić information content (AvgIpc) is 3.41. The van der Waals surface area contributed by atoms with E-state index in [0.29, 0.717) is 11.1 Å². The minimum absolute atomic E-state index is 0.135. The monoisotopic (exact) mass is 429 g/mol. The number of thioether (sulfide) groups is 1. The van der Waals surface area contributed by atoms with E-state index in [2.05, 4.69) is 50.2 Å². The lowest BCUT2D eigenvalue weighted by Crippen LogP contribution is -2.13. The lowest BCUT2D eigenvalue weighted by molar-refractivity contribution is -0.113. The number of aromatic nitrogens is 4. The number of pyridine rings is 1. The fourth-order valence-corrected chi connectivity index (χ4v) is 4.23. The Morgan fingerprint density at radius 2 is 1.94 bits per heavy atom. The summed E-state index contributed by atoms with van der Waals surface area (Å²) in [7, 11) is 0. The number of carbonyl (C=O) groups is 1. The molecule has 0 unspecified atom stereocenters. The molecule has 8 heteroatoms.